The third-order valence-electron chi connectivity index (χ3n) is 4.62. The van der Waals surface area contributed by atoms with Crippen LogP contribution in [0.1, 0.15) is 21.1 Å². The molecule has 28 heavy (non-hydrogen) atoms. The maximum Gasteiger partial charge on any atom is 0.256 e. The van der Waals surface area contributed by atoms with Crippen LogP contribution in [0.15, 0.2) is 34.2 Å². The van der Waals surface area contributed by atoms with Crippen molar-refractivity contribution < 1.29 is 23.5 Å². The normalized spacial score (nSPS) is 15.1. The highest BCUT2D eigenvalue weighted by Crippen LogP contribution is 2.30. The Morgan fingerprint density at radius 1 is 1.36 bits per heavy atom. The zero-order valence-electron chi connectivity index (χ0n) is 15.4. The molecule has 0 saturated carbocycles. The lowest BCUT2D eigenvalue weighted by Crippen LogP contribution is -2.69. The second-order valence-electron chi connectivity index (χ2n) is 6.51. The Labute approximate surface area is 164 Å². The molecular formula is C19H19N3O5S. The van der Waals surface area contributed by atoms with E-state index in [9.17, 15) is 9.59 Å². The lowest BCUT2D eigenvalue weighted by Gasteiger charge is -2.39. The molecule has 4 rings (SSSR count). The summed E-state index contributed by atoms with van der Waals surface area (Å²) in [5.41, 5.74) is -0.103. The lowest BCUT2D eigenvalue weighted by atomic mass is 9.95. The summed E-state index contributed by atoms with van der Waals surface area (Å²) in [5, 5.41) is 8.74. The number of carbonyl (C=O) groups excluding carboxylic acids is 2. The predicted octanol–water partition coefficient (Wildman–Crippen LogP) is 2.02. The van der Waals surface area contributed by atoms with Crippen LogP contribution in [0.5, 0.6) is 5.75 Å². The third-order valence-corrected chi connectivity index (χ3v) is 5.37. The Kier molecular flexibility index (Phi) is 4.78. The van der Waals surface area contributed by atoms with E-state index in [0.29, 0.717) is 34.6 Å². The topological polar surface area (TPSA) is 103 Å². The van der Waals surface area contributed by atoms with Crippen molar-refractivity contribution in [2.75, 3.05) is 20.3 Å². The summed E-state index contributed by atoms with van der Waals surface area (Å²) < 4.78 is 16.7. The minimum Gasteiger partial charge on any atom is -0.486 e. The monoisotopic (exact) mass is 401 g/mol. The van der Waals surface area contributed by atoms with Crippen LogP contribution < -0.4 is 15.4 Å². The van der Waals surface area contributed by atoms with Crippen LogP contribution in [0.25, 0.3) is 11.0 Å². The smallest absolute Gasteiger partial charge is 0.256 e. The number of nitrogens with one attached hydrogen (secondary N) is 2. The van der Waals surface area contributed by atoms with E-state index in [4.69, 9.17) is 13.9 Å². The van der Waals surface area contributed by atoms with Gasteiger partial charge in [0, 0.05) is 24.0 Å². The molecule has 8 nitrogen and oxygen atoms in total. The molecule has 0 bridgehead atoms. The number of nitrogens with zero attached hydrogens (tertiary/aromatic N) is 1. The van der Waals surface area contributed by atoms with Crippen LogP contribution in [0.4, 0.5) is 0 Å². The number of thiazole rings is 1. The van der Waals surface area contributed by atoms with Gasteiger partial charge in [0.25, 0.3) is 5.91 Å². The molecule has 1 aromatic carbocycles. The van der Waals surface area contributed by atoms with E-state index in [2.05, 4.69) is 15.6 Å². The second-order valence-corrected chi connectivity index (χ2v) is 7.49. The van der Waals surface area contributed by atoms with E-state index in [-0.39, 0.29) is 25.0 Å². The highest BCUT2D eigenvalue weighted by Gasteiger charge is 2.47. The molecule has 2 aromatic heterocycles. The fourth-order valence-corrected chi connectivity index (χ4v) is 3.65. The Bertz CT molecular complexity index is 1020. The minimum absolute atomic E-state index is 0.134. The lowest BCUT2D eigenvalue weighted by molar-refractivity contribution is -0.146. The van der Waals surface area contributed by atoms with Gasteiger partial charge in [0.2, 0.25) is 5.91 Å². The van der Waals surface area contributed by atoms with E-state index in [0.717, 1.165) is 5.01 Å². The summed E-state index contributed by atoms with van der Waals surface area (Å²) in [5.74, 6) is 0.396. The summed E-state index contributed by atoms with van der Waals surface area (Å²) in [6.45, 7) is 2.33. The van der Waals surface area contributed by atoms with Crippen molar-refractivity contribution in [3.05, 3.63) is 46.1 Å². The third kappa shape index (κ3) is 3.23. The molecule has 9 heteroatoms. The molecule has 0 unspecified atom stereocenters. The fourth-order valence-electron chi connectivity index (χ4n) is 3.13. The van der Waals surface area contributed by atoms with E-state index in [1.807, 2.05) is 5.38 Å². The fraction of sp³-hybridized carbons (Fsp3) is 0.316. The quantitative estimate of drug-likeness (QED) is 0.655. The first-order valence-corrected chi connectivity index (χ1v) is 9.57. The predicted molar refractivity (Wildman–Crippen MR) is 102 cm³/mol. The van der Waals surface area contributed by atoms with Crippen molar-refractivity contribution in [1.29, 1.82) is 0 Å². The average Bonchev–Trinajstić information content (AvgIpc) is 3.28. The van der Waals surface area contributed by atoms with Crippen molar-refractivity contribution in [1.82, 2.24) is 15.6 Å². The number of hydrogen-bond donors (Lipinski definition) is 2. The minimum atomic E-state index is -1.05. The van der Waals surface area contributed by atoms with Gasteiger partial charge in [-0.2, -0.15) is 0 Å². The van der Waals surface area contributed by atoms with Crippen LogP contribution in [0.3, 0.4) is 0 Å². The molecule has 2 N–H and O–H groups in total. The number of carbonyl (C=O) groups is 2. The summed E-state index contributed by atoms with van der Waals surface area (Å²) in [6, 6.07) is 5.31. The number of benzene rings is 1. The number of aromatic nitrogens is 1. The van der Waals surface area contributed by atoms with Gasteiger partial charge in [-0.05, 0) is 25.1 Å². The molecule has 146 valence electrons. The molecule has 1 fully saturated rings. The summed E-state index contributed by atoms with van der Waals surface area (Å²) >= 11 is 1.51. The molecule has 0 spiro atoms. The summed E-state index contributed by atoms with van der Waals surface area (Å²) in [4.78, 5) is 29.3. The maximum atomic E-state index is 13.0. The zero-order chi connectivity index (χ0) is 19.7. The number of aryl methyl sites for hydroxylation is 1. The molecule has 0 radical (unpaired) electrons. The van der Waals surface area contributed by atoms with Crippen LogP contribution in [0.2, 0.25) is 0 Å². The van der Waals surface area contributed by atoms with Gasteiger partial charge in [0.05, 0.1) is 18.8 Å². The maximum absolute atomic E-state index is 13.0. The first kappa shape index (κ1) is 18.5. The first-order valence-electron chi connectivity index (χ1n) is 8.69. The molecule has 1 aliphatic rings. The van der Waals surface area contributed by atoms with Gasteiger partial charge in [-0.15, -0.1) is 11.3 Å². The molecule has 0 atom stereocenters. The van der Waals surface area contributed by atoms with E-state index in [1.54, 1.807) is 31.3 Å². The Morgan fingerprint density at radius 3 is 2.82 bits per heavy atom. The van der Waals surface area contributed by atoms with E-state index >= 15 is 0 Å². The molecular weight excluding hydrogens is 382 g/mol. The average molecular weight is 401 g/mol. The SMILES string of the molecule is CNC(=O)C1(NC(=O)c2c(C)oc3ccc(OCc4nccs4)cc23)COC1. The Morgan fingerprint density at radius 2 is 2.18 bits per heavy atom. The van der Waals surface area contributed by atoms with Crippen LogP contribution in [-0.4, -0.2) is 42.6 Å². The van der Waals surface area contributed by atoms with Crippen LogP contribution in [0, 0.1) is 6.92 Å². The van der Waals surface area contributed by atoms with Gasteiger partial charge in [0.1, 0.15) is 28.7 Å². The standard InChI is InChI=1S/C19H19N3O5S/c1-11-16(17(23)22-19(9-25-10-19)18(24)20-2)13-7-12(3-4-14(13)27-11)26-8-15-21-5-6-28-15/h3-7H,8-10H2,1-2H3,(H,20,24)(H,22,23). The molecule has 0 aliphatic carbocycles. The van der Waals surface area contributed by atoms with Crippen molar-refractivity contribution in [3.8, 4) is 5.75 Å². The largest absolute Gasteiger partial charge is 0.486 e. The van der Waals surface area contributed by atoms with Crippen LogP contribution >= 0.6 is 11.3 Å². The number of ether oxygens (including phenoxy) is 2. The number of amides is 2. The van der Waals surface area contributed by atoms with Crippen molar-refractivity contribution in [2.24, 2.45) is 0 Å². The van der Waals surface area contributed by atoms with E-state index in [1.165, 1.54) is 18.4 Å². The van der Waals surface area contributed by atoms with Gasteiger partial charge in [-0.1, -0.05) is 0 Å². The number of likely N-dealkylation sites (N-methyl/N-ethyl adjacent to an activating group) is 1. The van der Waals surface area contributed by atoms with Gasteiger partial charge in [-0.25, -0.2) is 4.98 Å². The zero-order valence-corrected chi connectivity index (χ0v) is 16.2. The molecule has 3 aromatic rings. The van der Waals surface area contributed by atoms with Crippen LogP contribution in [-0.2, 0) is 16.1 Å². The van der Waals surface area contributed by atoms with E-state index < -0.39 is 5.54 Å². The Hall–Kier alpha value is -2.91. The van der Waals surface area contributed by atoms with Gasteiger partial charge < -0.3 is 24.5 Å². The summed E-state index contributed by atoms with van der Waals surface area (Å²) in [6.07, 6.45) is 1.72. The second kappa shape index (κ2) is 7.25. The first-order chi connectivity index (χ1) is 13.5. The molecule has 3 heterocycles. The van der Waals surface area contributed by atoms with Gasteiger partial charge in [-0.3, -0.25) is 9.59 Å². The molecule has 1 aliphatic heterocycles. The molecule has 1 saturated heterocycles. The van der Waals surface area contributed by atoms with Crippen molar-refractivity contribution in [2.45, 2.75) is 19.1 Å². The number of rotatable bonds is 6. The van der Waals surface area contributed by atoms with Gasteiger partial charge >= 0.3 is 0 Å². The van der Waals surface area contributed by atoms with Crippen molar-refractivity contribution in [3.63, 3.8) is 0 Å². The van der Waals surface area contributed by atoms with Gasteiger partial charge in [0.15, 0.2) is 5.54 Å². The highest BCUT2D eigenvalue weighted by molar-refractivity contribution is 7.09. The van der Waals surface area contributed by atoms with Crippen molar-refractivity contribution >= 4 is 34.1 Å². The summed E-state index contributed by atoms with van der Waals surface area (Å²) in [7, 11) is 1.53. The number of furan rings is 1. The number of hydrogen-bond acceptors (Lipinski definition) is 7. The Balaban J connectivity index is 1.60. The highest BCUT2D eigenvalue weighted by atomic mass is 32.1. The molecule has 2 amide bonds. The number of fused-ring (bicyclic) bond motifs is 1.